The average Bonchev–Trinajstić information content (AvgIpc) is 3.15. The van der Waals surface area contributed by atoms with E-state index in [1.165, 1.54) is 12.0 Å². The maximum absolute atomic E-state index is 12.9. The predicted octanol–water partition coefficient (Wildman–Crippen LogP) is 4.49. The largest absolute Gasteiger partial charge is 0.339 e. The van der Waals surface area contributed by atoms with Crippen molar-refractivity contribution in [3.8, 4) is 0 Å². The Morgan fingerprint density at radius 3 is 2.42 bits per heavy atom. The van der Waals surface area contributed by atoms with E-state index >= 15 is 0 Å². The number of piperidine rings is 1. The van der Waals surface area contributed by atoms with Crippen LogP contribution in [0.4, 0.5) is 5.69 Å². The van der Waals surface area contributed by atoms with Gasteiger partial charge < -0.3 is 10.2 Å². The van der Waals surface area contributed by atoms with Crippen LogP contribution < -0.4 is 5.32 Å². The zero-order valence-electron chi connectivity index (χ0n) is 16.3. The Morgan fingerprint density at radius 2 is 1.77 bits per heavy atom. The maximum atomic E-state index is 12.9. The molecule has 3 rings (SSSR count). The van der Waals surface area contributed by atoms with Gasteiger partial charge in [-0.25, -0.2) is 0 Å². The zero-order chi connectivity index (χ0) is 18.9. The highest BCUT2D eigenvalue weighted by atomic mass is 16.2. The fourth-order valence-electron chi connectivity index (χ4n) is 4.11. The summed E-state index contributed by atoms with van der Waals surface area (Å²) in [6.45, 7) is 10.0. The Hall–Kier alpha value is -2.10. The number of hydrogen-bond acceptors (Lipinski definition) is 2. The molecule has 140 valence electrons. The highest BCUT2D eigenvalue weighted by Gasteiger charge is 2.60. The third kappa shape index (κ3) is 3.69. The van der Waals surface area contributed by atoms with Crippen LogP contribution in [0.1, 0.15) is 57.3 Å². The summed E-state index contributed by atoms with van der Waals surface area (Å²) in [5.41, 5.74) is 2.43. The number of rotatable bonds is 4. The van der Waals surface area contributed by atoms with E-state index in [-0.39, 0.29) is 29.1 Å². The molecule has 0 unspecified atom stereocenters. The summed E-state index contributed by atoms with van der Waals surface area (Å²) in [7, 11) is 0. The summed E-state index contributed by atoms with van der Waals surface area (Å²) in [5.74, 6) is 0.251. The zero-order valence-corrected chi connectivity index (χ0v) is 16.3. The molecule has 4 heteroatoms. The molecule has 0 radical (unpaired) electrons. The van der Waals surface area contributed by atoms with Gasteiger partial charge in [-0.1, -0.05) is 37.6 Å². The standard InChI is InChI=1S/C22H30N2O2/c1-15(2)14-17-19(22(17,3)4)20(25)23-18-11-7-6-10-16(18)21(26)24-12-8-5-9-13-24/h6-7,10-11,14,17,19H,5,8-9,12-13H2,1-4H3,(H,23,25)/t17-,19+/m1/s1. The SMILES string of the molecule is CC(C)=C[C@@H]1[C@@H](C(=O)Nc2ccccc2C(=O)N2CCCCC2)C1(C)C. The molecule has 1 aliphatic heterocycles. The van der Waals surface area contributed by atoms with Crippen LogP contribution >= 0.6 is 0 Å². The van der Waals surface area contributed by atoms with Crippen molar-refractivity contribution in [2.45, 2.75) is 47.0 Å². The van der Waals surface area contributed by atoms with Crippen LogP contribution in [0.3, 0.4) is 0 Å². The maximum Gasteiger partial charge on any atom is 0.255 e. The van der Waals surface area contributed by atoms with Gasteiger partial charge >= 0.3 is 0 Å². The van der Waals surface area contributed by atoms with E-state index in [0.717, 1.165) is 25.9 Å². The van der Waals surface area contributed by atoms with Gasteiger partial charge in [0.25, 0.3) is 5.91 Å². The lowest BCUT2D eigenvalue weighted by atomic mass is 10.1. The molecule has 1 saturated carbocycles. The molecule has 2 atom stereocenters. The molecule has 4 nitrogen and oxygen atoms in total. The number of amides is 2. The molecule has 0 spiro atoms. The summed E-state index contributed by atoms with van der Waals surface area (Å²) in [4.78, 5) is 27.7. The van der Waals surface area contributed by atoms with Crippen molar-refractivity contribution in [3.05, 3.63) is 41.5 Å². The van der Waals surface area contributed by atoms with E-state index < -0.39 is 0 Å². The first-order valence-corrected chi connectivity index (χ1v) is 9.66. The lowest BCUT2D eigenvalue weighted by Crippen LogP contribution is -2.36. The van der Waals surface area contributed by atoms with E-state index in [1.807, 2.05) is 29.2 Å². The number of benzene rings is 1. The number of allylic oxidation sites excluding steroid dienone is 2. The van der Waals surface area contributed by atoms with E-state index in [4.69, 9.17) is 0 Å². The van der Waals surface area contributed by atoms with Crippen LogP contribution in [-0.2, 0) is 4.79 Å². The second-order valence-electron chi connectivity index (χ2n) is 8.46. The number of nitrogens with zero attached hydrogens (tertiary/aromatic N) is 1. The van der Waals surface area contributed by atoms with Gasteiger partial charge in [-0.05, 0) is 56.6 Å². The first kappa shape index (κ1) is 18.7. The second kappa shape index (κ2) is 7.26. The third-order valence-electron chi connectivity index (χ3n) is 5.76. The summed E-state index contributed by atoms with van der Waals surface area (Å²) < 4.78 is 0. The van der Waals surface area contributed by atoms with Gasteiger partial charge in [0.05, 0.1) is 17.2 Å². The van der Waals surface area contributed by atoms with Gasteiger partial charge in [-0.3, -0.25) is 9.59 Å². The lowest BCUT2D eigenvalue weighted by molar-refractivity contribution is -0.118. The van der Waals surface area contributed by atoms with Crippen LogP contribution in [0.2, 0.25) is 0 Å². The fourth-order valence-corrected chi connectivity index (χ4v) is 4.11. The molecule has 2 aliphatic rings. The number of carbonyl (C=O) groups excluding carboxylic acids is 2. The number of nitrogens with one attached hydrogen (secondary N) is 1. The first-order chi connectivity index (χ1) is 12.3. The Balaban J connectivity index is 1.75. The smallest absolute Gasteiger partial charge is 0.255 e. The van der Waals surface area contributed by atoms with Crippen LogP contribution in [-0.4, -0.2) is 29.8 Å². The normalized spacial score (nSPS) is 23.9. The monoisotopic (exact) mass is 354 g/mol. The first-order valence-electron chi connectivity index (χ1n) is 9.66. The molecule has 1 N–H and O–H groups in total. The summed E-state index contributed by atoms with van der Waals surface area (Å²) in [6, 6.07) is 7.38. The number of anilines is 1. The minimum Gasteiger partial charge on any atom is -0.339 e. The van der Waals surface area contributed by atoms with Crippen molar-refractivity contribution in [1.82, 2.24) is 4.90 Å². The van der Waals surface area contributed by atoms with Gasteiger partial charge in [0, 0.05) is 13.1 Å². The summed E-state index contributed by atoms with van der Waals surface area (Å²) in [5, 5.41) is 3.04. The van der Waals surface area contributed by atoms with E-state index in [2.05, 4.69) is 39.1 Å². The molecule has 0 aromatic heterocycles. The molecule has 0 bridgehead atoms. The fraction of sp³-hybridized carbons (Fsp3) is 0.545. The van der Waals surface area contributed by atoms with Crippen molar-refractivity contribution in [2.75, 3.05) is 18.4 Å². The summed E-state index contributed by atoms with van der Waals surface area (Å²) >= 11 is 0. The molecule has 1 heterocycles. The number of para-hydroxylation sites is 1. The quantitative estimate of drug-likeness (QED) is 0.810. The van der Waals surface area contributed by atoms with E-state index in [9.17, 15) is 9.59 Å². The van der Waals surface area contributed by atoms with Gasteiger partial charge in [0.1, 0.15) is 0 Å². The number of likely N-dealkylation sites (tertiary alicyclic amines) is 1. The van der Waals surface area contributed by atoms with Gasteiger partial charge in [-0.15, -0.1) is 0 Å². The van der Waals surface area contributed by atoms with Crippen molar-refractivity contribution in [3.63, 3.8) is 0 Å². The van der Waals surface area contributed by atoms with Crippen molar-refractivity contribution >= 4 is 17.5 Å². The summed E-state index contributed by atoms with van der Waals surface area (Å²) in [6.07, 6.45) is 5.49. The number of hydrogen-bond donors (Lipinski definition) is 1. The average molecular weight is 354 g/mol. The van der Waals surface area contributed by atoms with Gasteiger partial charge in [0.15, 0.2) is 0 Å². The lowest BCUT2D eigenvalue weighted by Gasteiger charge is -2.27. The molecule has 1 aliphatic carbocycles. The predicted molar refractivity (Wildman–Crippen MR) is 105 cm³/mol. The van der Waals surface area contributed by atoms with Crippen LogP contribution in [0.5, 0.6) is 0 Å². The van der Waals surface area contributed by atoms with Crippen LogP contribution in [0.25, 0.3) is 0 Å². The minimum absolute atomic E-state index is 0.0106. The van der Waals surface area contributed by atoms with Crippen molar-refractivity contribution in [2.24, 2.45) is 17.3 Å². The van der Waals surface area contributed by atoms with Gasteiger partial charge in [0.2, 0.25) is 5.91 Å². The van der Waals surface area contributed by atoms with Crippen molar-refractivity contribution < 1.29 is 9.59 Å². The van der Waals surface area contributed by atoms with Gasteiger partial charge in [-0.2, -0.15) is 0 Å². The molecule has 1 aromatic rings. The molecule has 1 saturated heterocycles. The van der Waals surface area contributed by atoms with Crippen LogP contribution in [0, 0.1) is 17.3 Å². The van der Waals surface area contributed by atoms with E-state index in [0.29, 0.717) is 11.3 Å². The van der Waals surface area contributed by atoms with Crippen molar-refractivity contribution in [1.29, 1.82) is 0 Å². The highest BCUT2D eigenvalue weighted by Crippen LogP contribution is 2.59. The number of carbonyl (C=O) groups is 2. The highest BCUT2D eigenvalue weighted by molar-refractivity contribution is 6.05. The van der Waals surface area contributed by atoms with Crippen LogP contribution in [0.15, 0.2) is 35.9 Å². The molecular weight excluding hydrogens is 324 g/mol. The third-order valence-corrected chi connectivity index (χ3v) is 5.76. The van der Waals surface area contributed by atoms with E-state index in [1.54, 1.807) is 0 Å². The Bertz CT molecular complexity index is 725. The molecule has 26 heavy (non-hydrogen) atoms. The topological polar surface area (TPSA) is 49.4 Å². The molecule has 2 amide bonds. The molecular formula is C22H30N2O2. The molecule has 2 fully saturated rings. The Labute approximate surface area is 156 Å². The minimum atomic E-state index is -0.0458. The Kier molecular flexibility index (Phi) is 5.22. The second-order valence-corrected chi connectivity index (χ2v) is 8.46. The molecule has 1 aromatic carbocycles. The Morgan fingerprint density at radius 1 is 1.12 bits per heavy atom.